The minimum atomic E-state index is -3.58. The van der Waals surface area contributed by atoms with E-state index < -0.39 is 15.3 Å². The van der Waals surface area contributed by atoms with Gasteiger partial charge in [0.15, 0.2) is 11.4 Å². The quantitative estimate of drug-likeness (QED) is 0.773. The van der Waals surface area contributed by atoms with Crippen LogP contribution in [0.2, 0.25) is 0 Å². The van der Waals surface area contributed by atoms with E-state index in [1.807, 2.05) is 0 Å². The van der Waals surface area contributed by atoms with Gasteiger partial charge in [-0.05, 0) is 26.0 Å². The maximum Gasteiger partial charge on any atom is 0.243 e. The van der Waals surface area contributed by atoms with E-state index in [0.717, 1.165) is 3.97 Å². The Kier molecular flexibility index (Phi) is 2.94. The van der Waals surface area contributed by atoms with Gasteiger partial charge in [-0.1, -0.05) is 0 Å². The molecule has 110 valence electrons. The van der Waals surface area contributed by atoms with Gasteiger partial charge in [-0.3, -0.25) is 0 Å². The van der Waals surface area contributed by atoms with Crippen molar-refractivity contribution in [1.29, 1.82) is 0 Å². The van der Waals surface area contributed by atoms with Gasteiger partial charge in [-0.15, -0.1) is 0 Å². The first-order valence-electron chi connectivity index (χ1n) is 6.20. The monoisotopic (exact) mass is 307 g/mol. The number of anilines is 1. The van der Waals surface area contributed by atoms with Crippen molar-refractivity contribution >= 4 is 27.1 Å². The second kappa shape index (κ2) is 4.55. The van der Waals surface area contributed by atoms with E-state index >= 15 is 0 Å². The van der Waals surface area contributed by atoms with Crippen molar-refractivity contribution < 1.29 is 12.8 Å². The highest BCUT2D eigenvalue weighted by molar-refractivity contribution is 7.90. The average molecular weight is 307 g/mol. The van der Waals surface area contributed by atoms with Gasteiger partial charge in [0.25, 0.3) is 0 Å². The van der Waals surface area contributed by atoms with E-state index in [9.17, 15) is 8.42 Å². The molecule has 0 aliphatic carbocycles. The lowest BCUT2D eigenvalue weighted by Gasteiger charge is -2.09. The van der Waals surface area contributed by atoms with Gasteiger partial charge in [0.05, 0.1) is 11.5 Å². The molecule has 9 heteroatoms. The fourth-order valence-corrected chi connectivity index (χ4v) is 2.90. The summed E-state index contributed by atoms with van der Waals surface area (Å²) in [6, 6.07) is 3.39. The van der Waals surface area contributed by atoms with Crippen molar-refractivity contribution in [2.45, 2.75) is 19.1 Å². The highest BCUT2D eigenvalue weighted by atomic mass is 32.2. The summed E-state index contributed by atoms with van der Waals surface area (Å²) in [5.41, 5.74) is 6.50. The van der Waals surface area contributed by atoms with Crippen molar-refractivity contribution in [2.75, 3.05) is 5.73 Å². The number of aromatic nitrogens is 4. The number of imidazole rings is 1. The summed E-state index contributed by atoms with van der Waals surface area (Å²) in [5, 5.41) is -0.613. The van der Waals surface area contributed by atoms with E-state index in [1.165, 1.54) is 12.6 Å². The highest BCUT2D eigenvalue weighted by Gasteiger charge is 2.24. The lowest BCUT2D eigenvalue weighted by molar-refractivity contribution is 0.578. The molecule has 0 spiro atoms. The number of furan rings is 1. The number of hydrogen-bond donors (Lipinski definition) is 1. The van der Waals surface area contributed by atoms with Gasteiger partial charge < -0.3 is 10.2 Å². The summed E-state index contributed by atoms with van der Waals surface area (Å²) >= 11 is 0. The van der Waals surface area contributed by atoms with Gasteiger partial charge in [-0.2, -0.15) is 4.98 Å². The van der Waals surface area contributed by atoms with Crippen LogP contribution in [0.15, 0.2) is 29.1 Å². The number of fused-ring (bicyclic) bond motifs is 1. The number of rotatable bonds is 3. The number of hydrogen-bond acceptors (Lipinski definition) is 7. The lowest BCUT2D eigenvalue weighted by atomic mass is 10.3. The smallest absolute Gasteiger partial charge is 0.243 e. The fourth-order valence-electron chi connectivity index (χ4n) is 1.90. The first-order chi connectivity index (χ1) is 9.91. The number of nitrogens with two attached hydrogens (primary N) is 1. The molecule has 0 aromatic carbocycles. The summed E-state index contributed by atoms with van der Waals surface area (Å²) in [5.74, 6) is 0.399. The zero-order chi connectivity index (χ0) is 15.2. The Morgan fingerprint density at radius 3 is 2.71 bits per heavy atom. The summed E-state index contributed by atoms with van der Waals surface area (Å²) < 4.78 is 30.9. The molecule has 0 aliphatic rings. The minimum Gasteiger partial charge on any atom is -0.463 e. The van der Waals surface area contributed by atoms with Crippen LogP contribution in [0, 0.1) is 0 Å². The predicted molar refractivity (Wildman–Crippen MR) is 76.9 cm³/mol. The first kappa shape index (κ1) is 13.6. The molecule has 0 unspecified atom stereocenters. The van der Waals surface area contributed by atoms with Crippen molar-refractivity contribution in [3.05, 3.63) is 24.7 Å². The fraction of sp³-hybridized carbons (Fsp3) is 0.250. The largest absolute Gasteiger partial charge is 0.463 e. The lowest BCUT2D eigenvalue weighted by Crippen LogP contribution is -2.22. The summed E-state index contributed by atoms with van der Waals surface area (Å²) in [4.78, 5) is 12.2. The van der Waals surface area contributed by atoms with E-state index in [-0.39, 0.29) is 11.6 Å². The highest BCUT2D eigenvalue weighted by Crippen LogP contribution is 2.27. The second-order valence-corrected chi connectivity index (χ2v) is 7.08. The summed E-state index contributed by atoms with van der Waals surface area (Å²) in [7, 11) is -3.58. The number of nitrogen functional groups attached to an aromatic ring is 1. The van der Waals surface area contributed by atoms with Crippen LogP contribution < -0.4 is 5.73 Å². The van der Waals surface area contributed by atoms with Crippen molar-refractivity contribution in [2.24, 2.45) is 0 Å². The van der Waals surface area contributed by atoms with E-state index in [1.54, 1.807) is 26.0 Å². The molecule has 3 rings (SSSR count). The molecule has 0 aliphatic heterocycles. The minimum absolute atomic E-state index is 0.0467. The molecule has 0 saturated carbocycles. The van der Waals surface area contributed by atoms with Gasteiger partial charge in [0, 0.05) is 0 Å². The molecule has 3 heterocycles. The number of nitrogens with zero attached hydrogens (tertiary/aromatic N) is 4. The zero-order valence-corrected chi connectivity index (χ0v) is 12.2. The van der Waals surface area contributed by atoms with E-state index in [0.29, 0.717) is 17.0 Å². The summed E-state index contributed by atoms with van der Waals surface area (Å²) in [6.45, 7) is 3.16. The van der Waals surface area contributed by atoms with Crippen LogP contribution in [0.25, 0.3) is 22.6 Å². The standard InChI is InChI=1S/C12H13N5O3S/c1-7(2)21(18,19)17-6-14-10-9(8-4-3-5-20-8)15-12(13)16-11(10)17/h3-7H,1-2H3,(H2,13,15,16). The summed E-state index contributed by atoms with van der Waals surface area (Å²) in [6.07, 6.45) is 2.70. The van der Waals surface area contributed by atoms with Gasteiger partial charge >= 0.3 is 0 Å². The molecule has 0 radical (unpaired) electrons. The van der Waals surface area contributed by atoms with Crippen LogP contribution in [-0.2, 0) is 10.0 Å². The van der Waals surface area contributed by atoms with Crippen molar-refractivity contribution in [1.82, 2.24) is 18.9 Å². The molecule has 0 saturated heterocycles. The Labute approximate surface area is 120 Å². The molecule has 21 heavy (non-hydrogen) atoms. The molecular weight excluding hydrogens is 294 g/mol. The normalized spacial score (nSPS) is 12.3. The van der Waals surface area contributed by atoms with Crippen LogP contribution in [-0.4, -0.2) is 32.6 Å². The molecular formula is C12H13N5O3S. The maximum absolute atomic E-state index is 12.3. The molecule has 8 nitrogen and oxygen atoms in total. The Bertz CT molecular complexity index is 897. The molecule has 0 fully saturated rings. The zero-order valence-electron chi connectivity index (χ0n) is 11.4. The van der Waals surface area contributed by atoms with Crippen LogP contribution in [0.4, 0.5) is 5.95 Å². The van der Waals surface area contributed by atoms with E-state index in [2.05, 4.69) is 15.0 Å². The van der Waals surface area contributed by atoms with Crippen molar-refractivity contribution in [3.8, 4) is 11.5 Å². The maximum atomic E-state index is 12.3. The second-order valence-electron chi connectivity index (χ2n) is 4.71. The van der Waals surface area contributed by atoms with Gasteiger partial charge in [0.1, 0.15) is 17.5 Å². The SMILES string of the molecule is CC(C)S(=O)(=O)n1cnc2c(-c3ccco3)nc(N)nc21. The van der Waals surface area contributed by atoms with Gasteiger partial charge in [0.2, 0.25) is 16.0 Å². The third-order valence-corrected chi connectivity index (χ3v) is 5.01. The topological polar surface area (TPSA) is 117 Å². The third-order valence-electron chi connectivity index (χ3n) is 3.01. The Morgan fingerprint density at radius 2 is 2.10 bits per heavy atom. The Morgan fingerprint density at radius 1 is 1.33 bits per heavy atom. The molecule has 3 aromatic rings. The molecule has 3 aromatic heterocycles. The van der Waals surface area contributed by atoms with Crippen LogP contribution >= 0.6 is 0 Å². The third kappa shape index (κ3) is 2.05. The first-order valence-corrected chi connectivity index (χ1v) is 7.70. The molecule has 0 amide bonds. The molecule has 0 atom stereocenters. The molecule has 2 N–H and O–H groups in total. The van der Waals surface area contributed by atoms with E-state index in [4.69, 9.17) is 10.2 Å². The Balaban J connectivity index is 2.34. The van der Waals surface area contributed by atoms with Crippen LogP contribution in [0.5, 0.6) is 0 Å². The van der Waals surface area contributed by atoms with Crippen molar-refractivity contribution in [3.63, 3.8) is 0 Å². The Hall–Kier alpha value is -2.42. The average Bonchev–Trinajstić information content (AvgIpc) is 3.06. The predicted octanol–water partition coefficient (Wildman–Crippen LogP) is 1.25. The van der Waals surface area contributed by atoms with Gasteiger partial charge in [-0.25, -0.2) is 22.4 Å². The van der Waals surface area contributed by atoms with Crippen LogP contribution in [0.3, 0.4) is 0 Å². The molecule has 0 bridgehead atoms. The van der Waals surface area contributed by atoms with Crippen LogP contribution in [0.1, 0.15) is 13.8 Å².